The van der Waals surface area contributed by atoms with Crippen LogP contribution in [0.3, 0.4) is 0 Å². The summed E-state index contributed by atoms with van der Waals surface area (Å²) in [6.07, 6.45) is 2.35. The summed E-state index contributed by atoms with van der Waals surface area (Å²) >= 11 is 6.01. The average Bonchev–Trinajstić information content (AvgIpc) is 2.50. The van der Waals surface area contributed by atoms with Crippen LogP contribution in [0.5, 0.6) is 0 Å². The fourth-order valence-corrected chi connectivity index (χ4v) is 2.65. The number of halogens is 1. The lowest BCUT2D eigenvalue weighted by atomic mass is 9.95. The van der Waals surface area contributed by atoms with Gasteiger partial charge >= 0.3 is 0 Å². The molecule has 2 N–H and O–H groups in total. The normalized spacial score (nSPS) is 17.1. The number of nitrogens with one attached hydrogen (secondary N) is 2. The molecule has 108 valence electrons. The SMILES string of the molecule is Cc1cnc(Cl)c(NC(=O)C2Cc3ccccc3CN2)c1. The Hall–Kier alpha value is -1.91. The van der Waals surface area contributed by atoms with Crippen LogP contribution in [-0.4, -0.2) is 16.9 Å². The predicted molar refractivity (Wildman–Crippen MR) is 83.4 cm³/mol. The van der Waals surface area contributed by atoms with Gasteiger partial charge in [-0.25, -0.2) is 4.98 Å². The van der Waals surface area contributed by atoms with Crippen molar-refractivity contribution in [1.29, 1.82) is 0 Å². The maximum Gasteiger partial charge on any atom is 0.241 e. The minimum absolute atomic E-state index is 0.0844. The van der Waals surface area contributed by atoms with Gasteiger partial charge in [-0.15, -0.1) is 0 Å². The first kappa shape index (κ1) is 14.0. The number of rotatable bonds is 2. The van der Waals surface area contributed by atoms with Gasteiger partial charge in [0, 0.05) is 12.7 Å². The number of hydrogen-bond donors (Lipinski definition) is 2. The van der Waals surface area contributed by atoms with E-state index in [-0.39, 0.29) is 11.9 Å². The summed E-state index contributed by atoms with van der Waals surface area (Å²) in [5, 5.41) is 6.42. The molecule has 0 saturated carbocycles. The second kappa shape index (κ2) is 5.84. The average molecular weight is 302 g/mol. The molecule has 1 atom stereocenters. The third kappa shape index (κ3) is 3.06. The summed E-state index contributed by atoms with van der Waals surface area (Å²) < 4.78 is 0. The lowest BCUT2D eigenvalue weighted by Gasteiger charge is -2.25. The molecule has 1 unspecified atom stereocenters. The molecule has 1 aromatic carbocycles. The molecule has 0 bridgehead atoms. The molecule has 21 heavy (non-hydrogen) atoms. The molecule has 0 radical (unpaired) electrons. The molecule has 1 aliphatic rings. The van der Waals surface area contributed by atoms with Gasteiger partial charge < -0.3 is 10.6 Å². The Morgan fingerprint density at radius 1 is 1.38 bits per heavy atom. The molecule has 4 nitrogen and oxygen atoms in total. The van der Waals surface area contributed by atoms with Crippen LogP contribution >= 0.6 is 11.6 Å². The van der Waals surface area contributed by atoms with Crippen LogP contribution in [0.2, 0.25) is 5.15 Å². The number of amides is 1. The Labute approximate surface area is 128 Å². The molecule has 1 amide bonds. The number of carbonyl (C=O) groups excluding carboxylic acids is 1. The maximum atomic E-state index is 12.4. The summed E-state index contributed by atoms with van der Waals surface area (Å²) in [6, 6.07) is 9.73. The van der Waals surface area contributed by atoms with Gasteiger partial charge in [-0.2, -0.15) is 0 Å². The lowest BCUT2D eigenvalue weighted by molar-refractivity contribution is -0.118. The monoisotopic (exact) mass is 301 g/mol. The minimum Gasteiger partial charge on any atom is -0.322 e. The first-order chi connectivity index (χ1) is 10.1. The van der Waals surface area contributed by atoms with Gasteiger partial charge in [0.05, 0.1) is 11.7 Å². The van der Waals surface area contributed by atoms with Gasteiger partial charge in [-0.1, -0.05) is 35.9 Å². The van der Waals surface area contributed by atoms with E-state index in [2.05, 4.69) is 27.8 Å². The van der Waals surface area contributed by atoms with Crippen LogP contribution < -0.4 is 10.6 Å². The van der Waals surface area contributed by atoms with Crippen molar-refractivity contribution in [2.75, 3.05) is 5.32 Å². The largest absolute Gasteiger partial charge is 0.322 e. The van der Waals surface area contributed by atoms with Gasteiger partial charge in [-0.05, 0) is 36.1 Å². The van der Waals surface area contributed by atoms with Gasteiger partial charge in [0.15, 0.2) is 5.15 Å². The van der Waals surface area contributed by atoms with Crippen molar-refractivity contribution in [3.05, 3.63) is 58.4 Å². The van der Waals surface area contributed by atoms with Crippen LogP contribution in [0, 0.1) is 6.92 Å². The number of hydrogen-bond acceptors (Lipinski definition) is 3. The zero-order valence-corrected chi connectivity index (χ0v) is 12.4. The number of fused-ring (bicyclic) bond motifs is 1. The third-order valence-corrected chi connectivity index (χ3v) is 3.93. The number of aryl methyl sites for hydroxylation is 1. The summed E-state index contributed by atoms with van der Waals surface area (Å²) in [6.45, 7) is 2.61. The molecule has 2 aromatic rings. The fourth-order valence-electron chi connectivity index (χ4n) is 2.50. The fraction of sp³-hybridized carbons (Fsp3) is 0.250. The highest BCUT2D eigenvalue weighted by molar-refractivity contribution is 6.32. The quantitative estimate of drug-likeness (QED) is 0.839. The third-order valence-electron chi connectivity index (χ3n) is 3.63. The zero-order valence-electron chi connectivity index (χ0n) is 11.7. The molecule has 2 heterocycles. The van der Waals surface area contributed by atoms with Crippen LogP contribution in [0.15, 0.2) is 36.5 Å². The van der Waals surface area contributed by atoms with E-state index >= 15 is 0 Å². The number of carbonyl (C=O) groups is 1. The van der Waals surface area contributed by atoms with Crippen molar-refractivity contribution in [3.8, 4) is 0 Å². The Morgan fingerprint density at radius 3 is 2.95 bits per heavy atom. The molecule has 3 rings (SSSR count). The zero-order chi connectivity index (χ0) is 14.8. The second-order valence-corrected chi connectivity index (χ2v) is 5.60. The number of benzene rings is 1. The summed E-state index contributed by atoms with van der Waals surface area (Å²) in [5.74, 6) is -0.0844. The molecule has 0 fully saturated rings. The summed E-state index contributed by atoms with van der Waals surface area (Å²) in [4.78, 5) is 16.4. The molecule has 1 aliphatic heterocycles. The van der Waals surface area contributed by atoms with Crippen molar-refractivity contribution in [2.45, 2.75) is 25.9 Å². The standard InChI is InChI=1S/C16H16ClN3O/c1-10-6-13(15(17)19-8-10)20-16(21)14-7-11-4-2-3-5-12(11)9-18-14/h2-6,8,14,18H,7,9H2,1H3,(H,20,21). The van der Waals surface area contributed by atoms with E-state index in [9.17, 15) is 4.79 Å². The highest BCUT2D eigenvalue weighted by Crippen LogP contribution is 2.21. The Kier molecular flexibility index (Phi) is 3.90. The Morgan fingerprint density at radius 2 is 2.14 bits per heavy atom. The van der Waals surface area contributed by atoms with Crippen LogP contribution in [-0.2, 0) is 17.8 Å². The maximum absolute atomic E-state index is 12.4. The highest BCUT2D eigenvalue weighted by Gasteiger charge is 2.24. The predicted octanol–water partition coefficient (Wildman–Crippen LogP) is 2.70. The van der Waals surface area contributed by atoms with E-state index in [0.717, 1.165) is 5.56 Å². The number of pyridine rings is 1. The van der Waals surface area contributed by atoms with E-state index in [1.165, 1.54) is 11.1 Å². The highest BCUT2D eigenvalue weighted by atomic mass is 35.5. The van der Waals surface area contributed by atoms with Gasteiger partial charge in [-0.3, -0.25) is 4.79 Å². The molecular weight excluding hydrogens is 286 g/mol. The molecule has 5 heteroatoms. The van der Waals surface area contributed by atoms with Gasteiger partial charge in [0.1, 0.15) is 0 Å². The van der Waals surface area contributed by atoms with E-state index in [0.29, 0.717) is 23.8 Å². The number of anilines is 1. The van der Waals surface area contributed by atoms with Crippen molar-refractivity contribution < 1.29 is 4.79 Å². The first-order valence-corrected chi connectivity index (χ1v) is 7.24. The van der Waals surface area contributed by atoms with E-state index in [4.69, 9.17) is 11.6 Å². The number of aromatic nitrogens is 1. The van der Waals surface area contributed by atoms with Crippen LogP contribution in [0.4, 0.5) is 5.69 Å². The van der Waals surface area contributed by atoms with Crippen molar-refractivity contribution in [3.63, 3.8) is 0 Å². The first-order valence-electron chi connectivity index (χ1n) is 6.86. The smallest absolute Gasteiger partial charge is 0.241 e. The minimum atomic E-state index is -0.253. The Balaban J connectivity index is 1.74. The van der Waals surface area contributed by atoms with E-state index in [1.807, 2.05) is 25.1 Å². The van der Waals surface area contributed by atoms with Crippen molar-refractivity contribution in [1.82, 2.24) is 10.3 Å². The van der Waals surface area contributed by atoms with E-state index in [1.54, 1.807) is 6.20 Å². The topological polar surface area (TPSA) is 54.0 Å². The van der Waals surface area contributed by atoms with Crippen molar-refractivity contribution in [2.24, 2.45) is 0 Å². The molecule has 1 aromatic heterocycles. The van der Waals surface area contributed by atoms with Crippen LogP contribution in [0.1, 0.15) is 16.7 Å². The number of nitrogens with zero attached hydrogens (tertiary/aromatic N) is 1. The lowest BCUT2D eigenvalue weighted by Crippen LogP contribution is -2.44. The molecule has 0 saturated heterocycles. The van der Waals surface area contributed by atoms with Gasteiger partial charge in [0.2, 0.25) is 5.91 Å². The van der Waals surface area contributed by atoms with Crippen LogP contribution in [0.25, 0.3) is 0 Å². The van der Waals surface area contributed by atoms with E-state index < -0.39 is 0 Å². The molecule has 0 spiro atoms. The molecular formula is C16H16ClN3O. The second-order valence-electron chi connectivity index (χ2n) is 5.25. The van der Waals surface area contributed by atoms with Gasteiger partial charge in [0.25, 0.3) is 0 Å². The molecule has 0 aliphatic carbocycles. The van der Waals surface area contributed by atoms with Crippen molar-refractivity contribution >= 4 is 23.2 Å². The Bertz CT molecular complexity index is 687. The summed E-state index contributed by atoms with van der Waals surface area (Å²) in [7, 11) is 0. The summed E-state index contributed by atoms with van der Waals surface area (Å²) in [5.41, 5.74) is 3.97.